The van der Waals surface area contributed by atoms with Crippen molar-refractivity contribution in [3.63, 3.8) is 0 Å². The zero-order chi connectivity index (χ0) is 16.9. The smallest absolute Gasteiger partial charge is 0.315 e. The Bertz CT molecular complexity index is 589. The van der Waals surface area contributed by atoms with Gasteiger partial charge in [0, 0.05) is 12.2 Å². The number of carbonyl (C=O) groups excluding carboxylic acids is 2. The molecule has 1 aliphatic rings. The number of urea groups is 1. The Morgan fingerprint density at radius 2 is 1.96 bits per heavy atom. The van der Waals surface area contributed by atoms with E-state index in [4.69, 9.17) is 10.5 Å². The maximum Gasteiger partial charge on any atom is 0.315 e. The van der Waals surface area contributed by atoms with Gasteiger partial charge in [-0.3, -0.25) is 4.79 Å². The lowest BCUT2D eigenvalue weighted by Gasteiger charge is -2.29. The second-order valence-electron chi connectivity index (χ2n) is 5.68. The number of benzene rings is 1. The van der Waals surface area contributed by atoms with Gasteiger partial charge in [0.2, 0.25) is 5.91 Å². The first-order valence-corrected chi connectivity index (χ1v) is 7.82. The van der Waals surface area contributed by atoms with E-state index in [1.807, 2.05) is 6.92 Å². The highest BCUT2D eigenvalue weighted by Gasteiger charge is 2.42. The maximum atomic E-state index is 12.7. The molecule has 0 radical (unpaired) electrons. The number of rotatable bonds is 5. The van der Waals surface area contributed by atoms with Gasteiger partial charge < -0.3 is 26.4 Å². The van der Waals surface area contributed by atoms with E-state index in [-0.39, 0.29) is 24.3 Å². The fourth-order valence-corrected chi connectivity index (χ4v) is 2.87. The molecule has 0 bridgehead atoms. The minimum Gasteiger partial charge on any atom is -0.495 e. The molecule has 0 aromatic heterocycles. The van der Waals surface area contributed by atoms with E-state index < -0.39 is 5.54 Å². The molecule has 1 aliphatic carbocycles. The first-order valence-electron chi connectivity index (χ1n) is 7.82. The van der Waals surface area contributed by atoms with E-state index in [1.165, 1.54) is 7.11 Å². The molecule has 1 aromatic carbocycles. The molecule has 0 heterocycles. The van der Waals surface area contributed by atoms with E-state index >= 15 is 0 Å². The number of ether oxygens (including phenoxy) is 1. The molecule has 0 unspecified atom stereocenters. The second-order valence-corrected chi connectivity index (χ2v) is 5.68. The molecule has 7 nitrogen and oxygen atoms in total. The van der Waals surface area contributed by atoms with Gasteiger partial charge in [0.05, 0.1) is 12.8 Å². The zero-order valence-electron chi connectivity index (χ0n) is 14.0. The van der Waals surface area contributed by atoms with E-state index in [2.05, 4.69) is 16.0 Å². The van der Waals surface area contributed by atoms with Gasteiger partial charge in [0.15, 0.2) is 0 Å². The summed E-state index contributed by atoms with van der Waals surface area (Å²) < 4.78 is 5.10. The Morgan fingerprint density at radius 1 is 1.29 bits per heavy atom. The van der Waals surface area contributed by atoms with Crippen molar-refractivity contribution in [3.8, 4) is 5.75 Å². The number of nitrogen functional groups attached to an aromatic ring is 1. The van der Waals surface area contributed by atoms with Crippen LogP contribution in [0.3, 0.4) is 0 Å². The first kappa shape index (κ1) is 19.9. The maximum absolute atomic E-state index is 12.7. The molecule has 8 heteroatoms. The first-order chi connectivity index (χ1) is 11.0. The average Bonchev–Trinajstić information content (AvgIpc) is 2.97. The van der Waals surface area contributed by atoms with E-state index in [0.29, 0.717) is 36.5 Å². The van der Waals surface area contributed by atoms with Crippen LogP contribution < -0.4 is 26.4 Å². The summed E-state index contributed by atoms with van der Waals surface area (Å²) in [5.74, 6) is 0.338. The van der Waals surface area contributed by atoms with Crippen LogP contribution in [0.5, 0.6) is 5.75 Å². The number of carbonyl (C=O) groups is 2. The Labute approximate surface area is 148 Å². The molecule has 0 atom stereocenters. The number of nitrogens with one attached hydrogen (secondary N) is 3. The number of anilines is 2. The van der Waals surface area contributed by atoms with Crippen molar-refractivity contribution in [1.82, 2.24) is 10.6 Å². The van der Waals surface area contributed by atoms with Crippen LogP contribution in [-0.2, 0) is 4.79 Å². The van der Waals surface area contributed by atoms with Gasteiger partial charge in [-0.2, -0.15) is 0 Å². The summed E-state index contributed by atoms with van der Waals surface area (Å²) in [4.78, 5) is 24.6. The van der Waals surface area contributed by atoms with Gasteiger partial charge in [-0.05, 0) is 38.0 Å². The second kappa shape index (κ2) is 8.63. The van der Waals surface area contributed by atoms with Gasteiger partial charge in [-0.25, -0.2) is 4.79 Å². The molecular formula is C16H25ClN4O3. The summed E-state index contributed by atoms with van der Waals surface area (Å²) in [5, 5.41) is 8.35. The Morgan fingerprint density at radius 3 is 2.50 bits per heavy atom. The van der Waals surface area contributed by atoms with E-state index in [0.717, 1.165) is 12.8 Å². The minimum atomic E-state index is -0.867. The van der Waals surface area contributed by atoms with Crippen molar-refractivity contribution < 1.29 is 14.3 Å². The molecule has 1 saturated carbocycles. The number of hydrogen-bond acceptors (Lipinski definition) is 4. The molecule has 0 aliphatic heterocycles. The zero-order valence-corrected chi connectivity index (χ0v) is 14.8. The Hall–Kier alpha value is -2.15. The standard InChI is InChI=1S/C16H24N4O3.ClH/c1-3-18-15(22)20-16(8-4-5-9-16)14(21)19-11-6-7-13(23-2)12(17)10-11;/h6-7,10H,3-5,8-9,17H2,1-2H3,(H,19,21)(H2,18,20,22);1H. The molecule has 0 saturated heterocycles. The lowest BCUT2D eigenvalue weighted by Crippen LogP contribution is -2.57. The van der Waals surface area contributed by atoms with Crippen molar-refractivity contribution in [2.45, 2.75) is 38.1 Å². The number of amides is 3. The highest BCUT2D eigenvalue weighted by molar-refractivity contribution is 6.01. The molecule has 2 rings (SSSR count). The molecule has 0 spiro atoms. The number of methoxy groups -OCH3 is 1. The summed E-state index contributed by atoms with van der Waals surface area (Å²) >= 11 is 0. The van der Waals surface area contributed by atoms with Crippen LogP contribution in [0.1, 0.15) is 32.6 Å². The van der Waals surface area contributed by atoms with Gasteiger partial charge >= 0.3 is 6.03 Å². The van der Waals surface area contributed by atoms with Crippen LogP contribution in [0.25, 0.3) is 0 Å². The number of hydrogen-bond donors (Lipinski definition) is 4. The topological polar surface area (TPSA) is 105 Å². The minimum absolute atomic E-state index is 0. The Balaban J connectivity index is 0.00000288. The highest BCUT2D eigenvalue weighted by Crippen LogP contribution is 2.32. The highest BCUT2D eigenvalue weighted by atomic mass is 35.5. The van der Waals surface area contributed by atoms with Crippen molar-refractivity contribution >= 4 is 35.7 Å². The normalized spacial score (nSPS) is 15.1. The van der Waals surface area contributed by atoms with Crippen LogP contribution in [-0.4, -0.2) is 31.1 Å². The monoisotopic (exact) mass is 356 g/mol. The number of halogens is 1. The largest absolute Gasteiger partial charge is 0.495 e. The molecule has 24 heavy (non-hydrogen) atoms. The average molecular weight is 357 g/mol. The van der Waals surface area contributed by atoms with Crippen molar-refractivity contribution in [2.24, 2.45) is 0 Å². The summed E-state index contributed by atoms with van der Waals surface area (Å²) in [6.45, 7) is 2.35. The molecule has 1 aromatic rings. The van der Waals surface area contributed by atoms with Gasteiger partial charge in [0.25, 0.3) is 0 Å². The van der Waals surface area contributed by atoms with Gasteiger partial charge in [-0.1, -0.05) is 12.8 Å². The van der Waals surface area contributed by atoms with Crippen LogP contribution in [0, 0.1) is 0 Å². The molecule has 3 amide bonds. The van der Waals surface area contributed by atoms with E-state index in [9.17, 15) is 9.59 Å². The van der Waals surface area contributed by atoms with Gasteiger partial charge in [0.1, 0.15) is 11.3 Å². The van der Waals surface area contributed by atoms with Crippen LogP contribution >= 0.6 is 12.4 Å². The summed E-state index contributed by atoms with van der Waals surface area (Å²) in [6.07, 6.45) is 3.07. The quantitative estimate of drug-likeness (QED) is 0.607. The summed E-state index contributed by atoms with van der Waals surface area (Å²) in [6, 6.07) is 4.75. The Kier molecular flexibility index (Phi) is 7.16. The van der Waals surface area contributed by atoms with Crippen molar-refractivity contribution in [3.05, 3.63) is 18.2 Å². The van der Waals surface area contributed by atoms with Crippen molar-refractivity contribution in [1.29, 1.82) is 0 Å². The van der Waals surface area contributed by atoms with Crippen LogP contribution in [0.2, 0.25) is 0 Å². The van der Waals surface area contributed by atoms with Gasteiger partial charge in [-0.15, -0.1) is 12.4 Å². The summed E-state index contributed by atoms with van der Waals surface area (Å²) in [7, 11) is 1.54. The lowest BCUT2D eigenvalue weighted by atomic mass is 9.96. The van der Waals surface area contributed by atoms with Crippen LogP contribution in [0.4, 0.5) is 16.2 Å². The molecule has 1 fully saturated rings. The van der Waals surface area contributed by atoms with Crippen LogP contribution in [0.15, 0.2) is 18.2 Å². The predicted molar refractivity (Wildman–Crippen MR) is 96.7 cm³/mol. The van der Waals surface area contributed by atoms with E-state index in [1.54, 1.807) is 18.2 Å². The third-order valence-corrected chi connectivity index (χ3v) is 4.07. The predicted octanol–water partition coefficient (Wildman–Crippen LogP) is 2.27. The number of nitrogens with two attached hydrogens (primary N) is 1. The molecule has 134 valence electrons. The summed E-state index contributed by atoms with van der Waals surface area (Å²) in [5.41, 5.74) is 6.02. The third-order valence-electron chi connectivity index (χ3n) is 4.07. The lowest BCUT2D eigenvalue weighted by molar-refractivity contribution is -0.121. The third kappa shape index (κ3) is 4.44. The fourth-order valence-electron chi connectivity index (χ4n) is 2.87. The molecule has 5 N–H and O–H groups in total. The molecular weight excluding hydrogens is 332 g/mol. The van der Waals surface area contributed by atoms with Crippen molar-refractivity contribution in [2.75, 3.05) is 24.7 Å². The SMILES string of the molecule is CCNC(=O)NC1(C(=O)Nc2ccc(OC)c(N)c2)CCCC1.Cl. The fraction of sp³-hybridized carbons (Fsp3) is 0.500.